The fourth-order valence-corrected chi connectivity index (χ4v) is 2.22. The molecule has 0 aliphatic carbocycles. The van der Waals surface area contributed by atoms with Gasteiger partial charge in [-0.2, -0.15) is 0 Å². The van der Waals surface area contributed by atoms with Gasteiger partial charge in [-0.05, 0) is 43.5 Å². The number of esters is 1. The van der Waals surface area contributed by atoms with E-state index in [0.29, 0.717) is 12.1 Å². The molecule has 0 bridgehead atoms. The molecule has 1 N–H and O–H groups in total. The average Bonchev–Trinajstić information content (AvgIpc) is 2.54. The second-order valence-electron chi connectivity index (χ2n) is 5.60. The minimum Gasteiger partial charge on any atom is -0.452 e. The molecule has 2 aromatic rings. The van der Waals surface area contributed by atoms with E-state index in [1.807, 2.05) is 57.2 Å². The van der Waals surface area contributed by atoms with Crippen molar-refractivity contribution in [3.8, 4) is 0 Å². The number of ether oxygens (including phenoxy) is 1. The van der Waals surface area contributed by atoms with E-state index in [9.17, 15) is 9.59 Å². The van der Waals surface area contributed by atoms with Crippen LogP contribution in [0.4, 0.5) is 0 Å². The topological polar surface area (TPSA) is 55.4 Å². The number of carbonyl (C=O) groups excluding carboxylic acids is 2. The smallest absolute Gasteiger partial charge is 0.338 e. The van der Waals surface area contributed by atoms with Crippen molar-refractivity contribution in [3.05, 3.63) is 70.3 Å². The molecular formula is C19H21NO3. The van der Waals surface area contributed by atoms with Crippen LogP contribution in [0.25, 0.3) is 0 Å². The summed E-state index contributed by atoms with van der Waals surface area (Å²) < 4.78 is 5.09. The van der Waals surface area contributed by atoms with Crippen molar-refractivity contribution in [2.45, 2.75) is 27.3 Å². The first-order chi connectivity index (χ1) is 11.0. The summed E-state index contributed by atoms with van der Waals surface area (Å²) >= 11 is 0. The third kappa shape index (κ3) is 4.68. The molecule has 120 valence electrons. The van der Waals surface area contributed by atoms with Crippen molar-refractivity contribution >= 4 is 11.9 Å². The van der Waals surface area contributed by atoms with Crippen LogP contribution < -0.4 is 5.32 Å². The van der Waals surface area contributed by atoms with Gasteiger partial charge in [0.1, 0.15) is 0 Å². The number of hydrogen-bond donors (Lipinski definition) is 1. The fraction of sp³-hybridized carbons (Fsp3) is 0.263. The highest BCUT2D eigenvalue weighted by Crippen LogP contribution is 2.12. The molecule has 2 rings (SSSR count). The molecule has 0 spiro atoms. The first-order valence-corrected chi connectivity index (χ1v) is 7.53. The van der Waals surface area contributed by atoms with E-state index in [2.05, 4.69) is 5.32 Å². The van der Waals surface area contributed by atoms with Crippen molar-refractivity contribution in [2.24, 2.45) is 0 Å². The zero-order valence-electron chi connectivity index (χ0n) is 13.7. The van der Waals surface area contributed by atoms with Crippen molar-refractivity contribution < 1.29 is 14.3 Å². The first-order valence-electron chi connectivity index (χ1n) is 7.53. The van der Waals surface area contributed by atoms with E-state index >= 15 is 0 Å². The second-order valence-corrected chi connectivity index (χ2v) is 5.60. The number of aryl methyl sites for hydroxylation is 3. The lowest BCUT2D eigenvalue weighted by Crippen LogP contribution is -2.28. The molecule has 0 heterocycles. The van der Waals surface area contributed by atoms with Gasteiger partial charge in [-0.3, -0.25) is 4.79 Å². The maximum Gasteiger partial charge on any atom is 0.338 e. The Morgan fingerprint density at radius 1 is 1.00 bits per heavy atom. The lowest BCUT2D eigenvalue weighted by Gasteiger charge is -2.10. The van der Waals surface area contributed by atoms with Crippen LogP contribution in [0, 0.1) is 20.8 Å². The molecule has 1 amide bonds. The molecule has 23 heavy (non-hydrogen) atoms. The quantitative estimate of drug-likeness (QED) is 0.863. The van der Waals surface area contributed by atoms with Gasteiger partial charge >= 0.3 is 5.97 Å². The van der Waals surface area contributed by atoms with Crippen LogP contribution in [0.15, 0.2) is 42.5 Å². The Kier molecular flexibility index (Phi) is 5.52. The molecule has 0 atom stereocenters. The van der Waals surface area contributed by atoms with Crippen LogP contribution in [-0.4, -0.2) is 18.5 Å². The van der Waals surface area contributed by atoms with E-state index < -0.39 is 5.97 Å². The van der Waals surface area contributed by atoms with Crippen LogP contribution in [0.2, 0.25) is 0 Å². The Bertz CT molecular complexity index is 722. The summed E-state index contributed by atoms with van der Waals surface area (Å²) in [5.74, 6) is -0.788. The summed E-state index contributed by atoms with van der Waals surface area (Å²) in [6, 6.07) is 13.4. The number of amides is 1. The van der Waals surface area contributed by atoms with Gasteiger partial charge in [0.05, 0.1) is 5.56 Å². The van der Waals surface area contributed by atoms with Gasteiger partial charge in [0.2, 0.25) is 0 Å². The molecule has 0 unspecified atom stereocenters. The molecule has 0 fully saturated rings. The Hall–Kier alpha value is -2.62. The molecule has 0 saturated heterocycles. The highest BCUT2D eigenvalue weighted by atomic mass is 16.5. The Labute approximate surface area is 136 Å². The van der Waals surface area contributed by atoms with Crippen LogP contribution >= 0.6 is 0 Å². The van der Waals surface area contributed by atoms with Crippen LogP contribution in [0.3, 0.4) is 0 Å². The molecular weight excluding hydrogens is 290 g/mol. The summed E-state index contributed by atoms with van der Waals surface area (Å²) in [6.45, 7) is 5.88. The third-order valence-corrected chi connectivity index (χ3v) is 3.68. The first kappa shape index (κ1) is 16.7. The lowest BCUT2D eigenvalue weighted by molar-refractivity contribution is -0.124. The third-order valence-electron chi connectivity index (χ3n) is 3.68. The summed E-state index contributed by atoms with van der Waals surface area (Å²) in [6.07, 6.45) is 0. The number of nitrogens with one attached hydrogen (secondary N) is 1. The van der Waals surface area contributed by atoms with Gasteiger partial charge < -0.3 is 10.1 Å². The monoisotopic (exact) mass is 311 g/mol. The zero-order valence-corrected chi connectivity index (χ0v) is 13.7. The molecule has 0 radical (unpaired) electrons. The van der Waals surface area contributed by atoms with Crippen molar-refractivity contribution in [1.29, 1.82) is 0 Å². The Morgan fingerprint density at radius 3 is 2.48 bits per heavy atom. The van der Waals surface area contributed by atoms with Crippen LogP contribution in [0.5, 0.6) is 0 Å². The van der Waals surface area contributed by atoms with Gasteiger partial charge in [-0.15, -0.1) is 0 Å². The number of carbonyl (C=O) groups is 2. The molecule has 0 aromatic heterocycles. The maximum atomic E-state index is 12.0. The van der Waals surface area contributed by atoms with Crippen molar-refractivity contribution in [1.82, 2.24) is 5.32 Å². The average molecular weight is 311 g/mol. The van der Waals surface area contributed by atoms with Gasteiger partial charge in [-0.1, -0.05) is 42.0 Å². The van der Waals surface area contributed by atoms with Crippen molar-refractivity contribution in [2.75, 3.05) is 6.61 Å². The second kappa shape index (κ2) is 7.58. The molecule has 2 aromatic carbocycles. The van der Waals surface area contributed by atoms with Gasteiger partial charge in [0.15, 0.2) is 6.61 Å². The highest BCUT2D eigenvalue weighted by molar-refractivity contribution is 5.92. The maximum absolute atomic E-state index is 12.0. The Morgan fingerprint density at radius 2 is 1.74 bits per heavy atom. The number of benzene rings is 2. The molecule has 0 saturated carbocycles. The summed E-state index contributed by atoms with van der Waals surface area (Å²) in [4.78, 5) is 23.9. The predicted molar refractivity (Wildman–Crippen MR) is 89.2 cm³/mol. The van der Waals surface area contributed by atoms with E-state index in [1.54, 1.807) is 6.07 Å². The normalized spacial score (nSPS) is 10.2. The zero-order chi connectivity index (χ0) is 16.8. The van der Waals surface area contributed by atoms with E-state index in [1.165, 1.54) is 0 Å². The largest absolute Gasteiger partial charge is 0.452 e. The number of rotatable bonds is 5. The van der Waals surface area contributed by atoms with E-state index in [0.717, 1.165) is 22.3 Å². The van der Waals surface area contributed by atoms with Crippen LogP contribution in [0.1, 0.15) is 32.6 Å². The molecule has 4 heteroatoms. The predicted octanol–water partition coefficient (Wildman–Crippen LogP) is 3.09. The van der Waals surface area contributed by atoms with Gasteiger partial charge in [0.25, 0.3) is 5.91 Å². The lowest BCUT2D eigenvalue weighted by atomic mass is 10.1. The van der Waals surface area contributed by atoms with Crippen molar-refractivity contribution in [3.63, 3.8) is 0 Å². The minimum atomic E-state index is -0.475. The summed E-state index contributed by atoms with van der Waals surface area (Å²) in [5.41, 5.74) is 4.46. The van der Waals surface area contributed by atoms with E-state index in [4.69, 9.17) is 4.74 Å². The molecule has 0 aliphatic heterocycles. The number of hydrogen-bond acceptors (Lipinski definition) is 3. The van der Waals surface area contributed by atoms with Gasteiger partial charge in [0, 0.05) is 6.54 Å². The van der Waals surface area contributed by atoms with Crippen LogP contribution in [-0.2, 0) is 16.1 Å². The van der Waals surface area contributed by atoms with E-state index in [-0.39, 0.29) is 12.5 Å². The highest BCUT2D eigenvalue weighted by Gasteiger charge is 2.13. The Balaban J connectivity index is 1.86. The SMILES string of the molecule is Cc1ccc(C)c(C(=O)OCC(=O)NCc2ccccc2C)c1. The minimum absolute atomic E-state index is 0.280. The summed E-state index contributed by atoms with van der Waals surface area (Å²) in [5, 5.41) is 2.76. The molecule has 0 aliphatic rings. The fourth-order valence-electron chi connectivity index (χ4n) is 2.22. The van der Waals surface area contributed by atoms with Gasteiger partial charge in [-0.25, -0.2) is 4.79 Å². The standard InChI is InChI=1S/C19H21NO3/c1-13-8-9-15(3)17(10-13)19(22)23-12-18(21)20-11-16-7-5-4-6-14(16)2/h4-10H,11-12H2,1-3H3,(H,20,21). The molecule has 4 nitrogen and oxygen atoms in total. The summed E-state index contributed by atoms with van der Waals surface area (Å²) in [7, 11) is 0.